The Balaban J connectivity index is 1.85. The van der Waals surface area contributed by atoms with Crippen molar-refractivity contribution < 1.29 is 17.6 Å². The topological polar surface area (TPSA) is 82.3 Å². The minimum Gasteiger partial charge on any atom is -0.497 e. The van der Waals surface area contributed by atoms with Gasteiger partial charge in [-0.05, 0) is 30.3 Å². The van der Waals surface area contributed by atoms with E-state index < -0.39 is 9.84 Å². The number of hydrogen-bond acceptors (Lipinski definition) is 6. The summed E-state index contributed by atoms with van der Waals surface area (Å²) in [7, 11) is -1.96. The van der Waals surface area contributed by atoms with Crippen LogP contribution in [0, 0.1) is 0 Å². The van der Waals surface area contributed by atoms with E-state index in [4.69, 9.17) is 9.15 Å². The van der Waals surface area contributed by atoms with Crippen LogP contribution in [0.4, 0.5) is 0 Å². The maximum absolute atomic E-state index is 12.3. The van der Waals surface area contributed by atoms with Crippen LogP contribution in [-0.2, 0) is 15.6 Å². The highest BCUT2D eigenvalue weighted by Crippen LogP contribution is 2.24. The number of benzene rings is 2. The van der Waals surface area contributed by atoms with Gasteiger partial charge in [0.15, 0.2) is 9.84 Å². The van der Waals surface area contributed by atoms with E-state index in [9.17, 15) is 8.42 Å². The van der Waals surface area contributed by atoms with Crippen LogP contribution in [0.1, 0.15) is 5.89 Å². The Hall–Kier alpha value is -2.67. The van der Waals surface area contributed by atoms with E-state index in [1.807, 2.05) is 0 Å². The van der Waals surface area contributed by atoms with E-state index in [2.05, 4.69) is 10.2 Å². The van der Waals surface area contributed by atoms with Crippen molar-refractivity contribution in [2.24, 2.45) is 0 Å². The lowest BCUT2D eigenvalue weighted by Gasteiger charge is -2.01. The van der Waals surface area contributed by atoms with Gasteiger partial charge in [-0.1, -0.05) is 24.3 Å². The average Bonchev–Trinajstić information content (AvgIpc) is 3.03. The first-order chi connectivity index (χ1) is 11.1. The van der Waals surface area contributed by atoms with Gasteiger partial charge < -0.3 is 9.15 Å². The van der Waals surface area contributed by atoms with Gasteiger partial charge in [0.05, 0.1) is 12.0 Å². The minimum atomic E-state index is -3.52. The van der Waals surface area contributed by atoms with Gasteiger partial charge in [0.25, 0.3) is 0 Å². The molecule has 0 bridgehead atoms. The second kappa shape index (κ2) is 6.21. The zero-order chi connectivity index (χ0) is 16.3. The summed E-state index contributed by atoms with van der Waals surface area (Å²) in [6.07, 6.45) is 0. The molecule has 0 radical (unpaired) electrons. The molecule has 0 saturated heterocycles. The van der Waals surface area contributed by atoms with E-state index in [-0.39, 0.29) is 22.4 Å². The predicted molar refractivity (Wildman–Crippen MR) is 83.6 cm³/mol. The number of ether oxygens (including phenoxy) is 1. The minimum absolute atomic E-state index is 0.0478. The Morgan fingerprint density at radius 2 is 1.83 bits per heavy atom. The fourth-order valence-electron chi connectivity index (χ4n) is 2.06. The maximum Gasteiger partial charge on any atom is 0.247 e. The van der Waals surface area contributed by atoms with Crippen molar-refractivity contribution in [3.05, 3.63) is 60.5 Å². The zero-order valence-electron chi connectivity index (χ0n) is 12.3. The summed E-state index contributed by atoms with van der Waals surface area (Å²) < 4.78 is 35.2. The Labute approximate surface area is 133 Å². The Morgan fingerprint density at radius 3 is 2.57 bits per heavy atom. The van der Waals surface area contributed by atoms with Gasteiger partial charge in [-0.2, -0.15) is 0 Å². The summed E-state index contributed by atoms with van der Waals surface area (Å²) in [6.45, 7) is 0. The SMILES string of the molecule is COc1cccc(-c2nnc(CS(=O)(=O)c3ccccc3)o2)c1. The second-order valence-electron chi connectivity index (χ2n) is 4.81. The highest BCUT2D eigenvalue weighted by molar-refractivity contribution is 7.90. The first-order valence-electron chi connectivity index (χ1n) is 6.83. The molecule has 0 N–H and O–H groups in total. The van der Waals surface area contributed by atoms with Gasteiger partial charge in [0.1, 0.15) is 11.5 Å². The Bertz CT molecular complexity index is 905. The third kappa shape index (κ3) is 3.40. The zero-order valence-corrected chi connectivity index (χ0v) is 13.2. The van der Waals surface area contributed by atoms with Gasteiger partial charge in [-0.15, -0.1) is 10.2 Å². The molecular weight excluding hydrogens is 316 g/mol. The molecule has 118 valence electrons. The standard InChI is InChI=1S/C16H14N2O4S/c1-21-13-7-5-6-12(10-13)16-18-17-15(22-16)11-23(19,20)14-8-3-2-4-9-14/h2-10H,11H2,1H3. The molecule has 0 fully saturated rings. The van der Waals surface area contributed by atoms with Crippen molar-refractivity contribution in [2.45, 2.75) is 10.6 Å². The molecule has 1 aromatic heterocycles. The number of sulfone groups is 1. The molecule has 0 saturated carbocycles. The van der Waals surface area contributed by atoms with Crippen LogP contribution >= 0.6 is 0 Å². The molecule has 0 unspecified atom stereocenters. The number of methoxy groups -OCH3 is 1. The van der Waals surface area contributed by atoms with Crippen molar-refractivity contribution >= 4 is 9.84 Å². The monoisotopic (exact) mass is 330 g/mol. The van der Waals surface area contributed by atoms with E-state index in [1.54, 1.807) is 49.6 Å². The summed E-state index contributed by atoms with van der Waals surface area (Å²) in [4.78, 5) is 0.223. The molecular formula is C16H14N2O4S. The van der Waals surface area contributed by atoms with E-state index in [0.29, 0.717) is 11.3 Å². The third-order valence-electron chi connectivity index (χ3n) is 3.20. The maximum atomic E-state index is 12.3. The molecule has 0 aliphatic heterocycles. The van der Waals surface area contributed by atoms with Crippen LogP contribution < -0.4 is 4.74 Å². The summed E-state index contributed by atoms with van der Waals surface area (Å²) in [5, 5.41) is 7.73. The van der Waals surface area contributed by atoms with Crippen LogP contribution in [0.3, 0.4) is 0 Å². The van der Waals surface area contributed by atoms with Gasteiger partial charge in [-0.25, -0.2) is 8.42 Å². The van der Waals surface area contributed by atoms with Crippen molar-refractivity contribution in [1.82, 2.24) is 10.2 Å². The van der Waals surface area contributed by atoms with Crippen LogP contribution in [-0.4, -0.2) is 25.7 Å². The fourth-order valence-corrected chi connectivity index (χ4v) is 3.24. The molecule has 23 heavy (non-hydrogen) atoms. The molecule has 0 aliphatic carbocycles. The van der Waals surface area contributed by atoms with Crippen LogP contribution in [0.15, 0.2) is 63.9 Å². The number of aromatic nitrogens is 2. The molecule has 1 heterocycles. The smallest absolute Gasteiger partial charge is 0.247 e. The third-order valence-corrected chi connectivity index (χ3v) is 4.82. The first-order valence-corrected chi connectivity index (χ1v) is 8.48. The number of rotatable bonds is 5. The molecule has 7 heteroatoms. The van der Waals surface area contributed by atoms with E-state index in [1.165, 1.54) is 12.1 Å². The van der Waals surface area contributed by atoms with Gasteiger partial charge in [0, 0.05) is 5.56 Å². The highest BCUT2D eigenvalue weighted by atomic mass is 32.2. The molecule has 2 aromatic carbocycles. The van der Waals surface area contributed by atoms with E-state index in [0.717, 1.165) is 0 Å². The lowest BCUT2D eigenvalue weighted by molar-refractivity contribution is 0.414. The number of hydrogen-bond donors (Lipinski definition) is 0. The molecule has 0 atom stereocenters. The first kappa shape index (κ1) is 15.2. The van der Waals surface area contributed by atoms with Gasteiger partial charge >= 0.3 is 0 Å². The lowest BCUT2D eigenvalue weighted by atomic mass is 10.2. The van der Waals surface area contributed by atoms with Gasteiger partial charge in [0.2, 0.25) is 11.8 Å². The van der Waals surface area contributed by atoms with E-state index >= 15 is 0 Å². The van der Waals surface area contributed by atoms with Gasteiger partial charge in [-0.3, -0.25) is 0 Å². The molecule has 0 spiro atoms. The summed E-state index contributed by atoms with van der Waals surface area (Å²) in [5.74, 6) is 0.613. The van der Waals surface area contributed by atoms with Crippen molar-refractivity contribution in [2.75, 3.05) is 7.11 Å². The fraction of sp³-hybridized carbons (Fsp3) is 0.125. The molecule has 6 nitrogen and oxygen atoms in total. The largest absolute Gasteiger partial charge is 0.497 e. The quantitative estimate of drug-likeness (QED) is 0.715. The normalized spacial score (nSPS) is 11.3. The van der Waals surface area contributed by atoms with Crippen LogP contribution in [0.25, 0.3) is 11.5 Å². The summed E-state index contributed by atoms with van der Waals surface area (Å²) >= 11 is 0. The second-order valence-corrected chi connectivity index (χ2v) is 6.79. The molecule has 3 aromatic rings. The average molecular weight is 330 g/mol. The summed E-state index contributed by atoms with van der Waals surface area (Å²) in [5.41, 5.74) is 0.667. The molecule has 0 amide bonds. The number of nitrogens with zero attached hydrogens (tertiary/aromatic N) is 2. The molecule has 3 rings (SSSR count). The lowest BCUT2D eigenvalue weighted by Crippen LogP contribution is -2.04. The van der Waals surface area contributed by atoms with Crippen molar-refractivity contribution in [3.8, 4) is 17.2 Å². The highest BCUT2D eigenvalue weighted by Gasteiger charge is 2.19. The predicted octanol–water partition coefficient (Wildman–Crippen LogP) is 2.72. The Kier molecular flexibility index (Phi) is 4.12. The van der Waals surface area contributed by atoms with Crippen molar-refractivity contribution in [1.29, 1.82) is 0 Å². The summed E-state index contributed by atoms with van der Waals surface area (Å²) in [6, 6.07) is 15.3. The van der Waals surface area contributed by atoms with Crippen molar-refractivity contribution in [3.63, 3.8) is 0 Å². The van der Waals surface area contributed by atoms with Crippen LogP contribution in [0.5, 0.6) is 5.75 Å². The molecule has 0 aliphatic rings. The Morgan fingerprint density at radius 1 is 1.04 bits per heavy atom. The van der Waals surface area contributed by atoms with Crippen LogP contribution in [0.2, 0.25) is 0 Å².